The van der Waals surface area contributed by atoms with Crippen LogP contribution in [0.2, 0.25) is 0 Å². The zero-order valence-electron chi connectivity index (χ0n) is 7.97. The highest BCUT2D eigenvalue weighted by Crippen LogP contribution is 2.06. The van der Waals surface area contributed by atoms with Crippen molar-refractivity contribution >= 4 is 0 Å². The van der Waals surface area contributed by atoms with Crippen molar-refractivity contribution in [3.63, 3.8) is 0 Å². The summed E-state index contributed by atoms with van der Waals surface area (Å²) in [6.45, 7) is 8.83. The summed E-state index contributed by atoms with van der Waals surface area (Å²) in [5, 5.41) is 0. The molecule has 1 aliphatic rings. The molecule has 0 aliphatic carbocycles. The third kappa shape index (κ3) is 8.02. The maximum absolute atomic E-state index is 4.85. The molecule has 0 bridgehead atoms. The van der Waals surface area contributed by atoms with E-state index in [9.17, 15) is 0 Å². The topological polar surface area (TPSA) is 29.3 Å². The van der Waals surface area contributed by atoms with Gasteiger partial charge in [0.15, 0.2) is 0 Å². The molecule has 0 aromatic rings. The number of likely N-dealkylation sites (tertiary alicyclic amines) is 1. The van der Waals surface area contributed by atoms with Crippen molar-refractivity contribution in [2.75, 3.05) is 26.2 Å². The Bertz CT molecular complexity index is 68.2. The number of nitrogens with zero attached hydrogens (tertiary/aromatic N) is 1. The summed E-state index contributed by atoms with van der Waals surface area (Å²) < 4.78 is 0. The van der Waals surface area contributed by atoms with Crippen molar-refractivity contribution in [2.24, 2.45) is 5.73 Å². The molecule has 0 saturated carbocycles. The van der Waals surface area contributed by atoms with Crippen LogP contribution in [-0.2, 0) is 0 Å². The number of hydrogen-bond donors (Lipinski definition) is 1. The molecule has 0 atom stereocenters. The second kappa shape index (κ2) is 10.9. The van der Waals surface area contributed by atoms with Gasteiger partial charge < -0.3 is 10.6 Å². The summed E-state index contributed by atoms with van der Waals surface area (Å²) in [7, 11) is 0. The first-order valence-corrected chi connectivity index (χ1v) is 4.77. The Hall–Kier alpha value is -0.0800. The van der Waals surface area contributed by atoms with Crippen LogP contribution >= 0.6 is 0 Å². The third-order valence-corrected chi connectivity index (χ3v) is 1.90. The summed E-state index contributed by atoms with van der Waals surface area (Å²) in [5.74, 6) is 0. The van der Waals surface area contributed by atoms with E-state index >= 15 is 0 Å². The fourth-order valence-corrected chi connectivity index (χ4v) is 1.28. The molecule has 2 heteroatoms. The van der Waals surface area contributed by atoms with Crippen LogP contribution in [-0.4, -0.2) is 31.1 Å². The molecule has 1 fully saturated rings. The Kier molecular flexibility index (Phi) is 13.1. The van der Waals surface area contributed by atoms with Crippen molar-refractivity contribution < 1.29 is 0 Å². The maximum Gasteiger partial charge on any atom is -0.00188 e. The molecular formula is C10H26N2. The van der Waals surface area contributed by atoms with E-state index in [0.29, 0.717) is 0 Å². The molecule has 1 rings (SSSR count). The van der Waals surface area contributed by atoms with Gasteiger partial charge in [-0.25, -0.2) is 0 Å². The minimum absolute atomic E-state index is 0. The monoisotopic (exact) mass is 174 g/mol. The summed E-state index contributed by atoms with van der Waals surface area (Å²) in [6, 6.07) is 0. The summed E-state index contributed by atoms with van der Waals surface area (Å²) in [5.41, 5.74) is 4.85. The van der Waals surface area contributed by atoms with E-state index in [-0.39, 0.29) is 7.43 Å². The lowest BCUT2D eigenvalue weighted by Crippen LogP contribution is -2.29. The lowest BCUT2D eigenvalue weighted by atomic mass is 10.1. The highest BCUT2D eigenvalue weighted by Gasteiger charge is 2.05. The van der Waals surface area contributed by atoms with E-state index < -0.39 is 0 Å². The first-order valence-electron chi connectivity index (χ1n) is 4.77. The fraction of sp³-hybridized carbons (Fsp3) is 1.00. The van der Waals surface area contributed by atoms with Crippen molar-refractivity contribution in [1.82, 2.24) is 4.90 Å². The Morgan fingerprint density at radius 3 is 1.75 bits per heavy atom. The zero-order chi connectivity index (χ0) is 8.53. The zero-order valence-corrected chi connectivity index (χ0v) is 7.97. The first kappa shape index (κ1) is 14.4. The first-order chi connectivity index (χ1) is 5.35. The van der Waals surface area contributed by atoms with Gasteiger partial charge in [0, 0.05) is 0 Å². The second-order valence-corrected chi connectivity index (χ2v) is 2.90. The van der Waals surface area contributed by atoms with Gasteiger partial charge in [-0.2, -0.15) is 0 Å². The standard InChI is InChI=1S/C7H15N.C2H7N.CH4/c1-2-8-6-4-3-5-7-8;1-2-3;/h2-7H2,1H3;2-3H2,1H3;1H4. The number of hydrogen-bond acceptors (Lipinski definition) is 2. The molecular weight excluding hydrogens is 148 g/mol. The molecule has 12 heavy (non-hydrogen) atoms. The van der Waals surface area contributed by atoms with Crippen LogP contribution in [0.1, 0.15) is 40.5 Å². The lowest BCUT2D eigenvalue weighted by molar-refractivity contribution is 0.240. The minimum Gasteiger partial charge on any atom is -0.331 e. The van der Waals surface area contributed by atoms with Crippen molar-refractivity contribution in [3.05, 3.63) is 0 Å². The van der Waals surface area contributed by atoms with Gasteiger partial charge in [0.2, 0.25) is 0 Å². The fourth-order valence-electron chi connectivity index (χ4n) is 1.28. The van der Waals surface area contributed by atoms with Crippen LogP contribution in [0, 0.1) is 0 Å². The Labute approximate surface area is 78.1 Å². The highest BCUT2D eigenvalue weighted by molar-refractivity contribution is 4.61. The van der Waals surface area contributed by atoms with Crippen LogP contribution in [0.15, 0.2) is 0 Å². The molecule has 1 aliphatic heterocycles. The molecule has 0 unspecified atom stereocenters. The van der Waals surface area contributed by atoms with Crippen molar-refractivity contribution in [1.29, 1.82) is 0 Å². The molecule has 0 radical (unpaired) electrons. The predicted molar refractivity (Wildman–Crippen MR) is 57.4 cm³/mol. The van der Waals surface area contributed by atoms with E-state index in [4.69, 9.17) is 5.73 Å². The van der Waals surface area contributed by atoms with Gasteiger partial charge in [0.1, 0.15) is 0 Å². The summed E-state index contributed by atoms with van der Waals surface area (Å²) in [4.78, 5) is 2.52. The van der Waals surface area contributed by atoms with E-state index in [1.807, 2.05) is 6.92 Å². The molecule has 0 aromatic heterocycles. The lowest BCUT2D eigenvalue weighted by Gasteiger charge is -2.24. The van der Waals surface area contributed by atoms with E-state index in [1.165, 1.54) is 38.9 Å². The Balaban J connectivity index is 0. The van der Waals surface area contributed by atoms with Crippen LogP contribution < -0.4 is 5.73 Å². The van der Waals surface area contributed by atoms with Crippen LogP contribution in [0.5, 0.6) is 0 Å². The van der Waals surface area contributed by atoms with Gasteiger partial charge in [-0.1, -0.05) is 27.7 Å². The van der Waals surface area contributed by atoms with Crippen molar-refractivity contribution in [3.8, 4) is 0 Å². The number of piperidine rings is 1. The summed E-state index contributed by atoms with van der Waals surface area (Å²) in [6.07, 6.45) is 4.30. The maximum atomic E-state index is 4.85. The van der Waals surface area contributed by atoms with Crippen molar-refractivity contribution in [2.45, 2.75) is 40.5 Å². The van der Waals surface area contributed by atoms with Crippen LogP contribution in [0.3, 0.4) is 0 Å². The van der Waals surface area contributed by atoms with Crippen LogP contribution in [0.4, 0.5) is 0 Å². The normalized spacial score (nSPS) is 17.2. The Morgan fingerprint density at radius 2 is 1.50 bits per heavy atom. The molecule has 76 valence electrons. The largest absolute Gasteiger partial charge is 0.331 e. The second-order valence-electron chi connectivity index (χ2n) is 2.90. The Morgan fingerprint density at radius 1 is 1.08 bits per heavy atom. The van der Waals surface area contributed by atoms with Crippen LogP contribution in [0.25, 0.3) is 0 Å². The average Bonchev–Trinajstić information content (AvgIpc) is 2.08. The van der Waals surface area contributed by atoms with Gasteiger partial charge in [0.05, 0.1) is 0 Å². The molecule has 1 heterocycles. The van der Waals surface area contributed by atoms with Gasteiger partial charge in [-0.3, -0.25) is 0 Å². The molecule has 0 spiro atoms. The van der Waals surface area contributed by atoms with Gasteiger partial charge in [0.25, 0.3) is 0 Å². The van der Waals surface area contributed by atoms with Gasteiger partial charge in [-0.05, 0) is 39.0 Å². The predicted octanol–water partition coefficient (Wildman–Crippen LogP) is 2.09. The van der Waals surface area contributed by atoms with E-state index in [0.717, 1.165) is 6.54 Å². The molecule has 0 aromatic carbocycles. The average molecular weight is 174 g/mol. The van der Waals surface area contributed by atoms with Gasteiger partial charge >= 0.3 is 0 Å². The van der Waals surface area contributed by atoms with E-state index in [1.54, 1.807) is 0 Å². The number of rotatable bonds is 1. The summed E-state index contributed by atoms with van der Waals surface area (Å²) >= 11 is 0. The highest BCUT2D eigenvalue weighted by atomic mass is 15.1. The molecule has 0 amide bonds. The molecule has 1 saturated heterocycles. The van der Waals surface area contributed by atoms with E-state index in [2.05, 4.69) is 11.8 Å². The quantitative estimate of drug-likeness (QED) is 0.659. The smallest absolute Gasteiger partial charge is 0.00188 e. The number of nitrogens with two attached hydrogens (primary N) is 1. The minimum atomic E-state index is 0. The third-order valence-electron chi connectivity index (χ3n) is 1.90. The molecule has 2 nitrogen and oxygen atoms in total. The SMILES string of the molecule is C.CCN.CCN1CCCCC1. The molecule has 2 N–H and O–H groups in total. The van der Waals surface area contributed by atoms with Gasteiger partial charge in [-0.15, -0.1) is 0 Å².